The van der Waals surface area contributed by atoms with Crippen LogP contribution in [0.2, 0.25) is 5.02 Å². The maximum atomic E-state index is 12.0. The summed E-state index contributed by atoms with van der Waals surface area (Å²) in [7, 11) is 0. The molecule has 5 heteroatoms. The highest BCUT2D eigenvalue weighted by molar-refractivity contribution is 6.30. The third-order valence-electron chi connectivity index (χ3n) is 4.18. The number of carbonyl (C=O) groups excluding carboxylic acids is 1. The molecule has 0 aliphatic rings. The highest BCUT2D eigenvalue weighted by atomic mass is 35.5. The summed E-state index contributed by atoms with van der Waals surface area (Å²) in [5.74, 6) is -0.0397. The second kappa shape index (κ2) is 9.33. The maximum absolute atomic E-state index is 12.0. The minimum atomic E-state index is -0.0397. The highest BCUT2D eigenvalue weighted by Crippen LogP contribution is 2.22. The number of anilines is 2. The van der Waals surface area contributed by atoms with Crippen LogP contribution in [-0.2, 0) is 11.3 Å². The van der Waals surface area contributed by atoms with Gasteiger partial charge in [0.05, 0.1) is 6.54 Å². The lowest BCUT2D eigenvalue weighted by molar-refractivity contribution is -0.119. The Hall–Kier alpha value is -2.20. The quantitative estimate of drug-likeness (QED) is 0.741. The molecule has 0 radical (unpaired) electrons. The molecule has 0 unspecified atom stereocenters. The van der Waals surface area contributed by atoms with Crippen LogP contribution < -0.4 is 15.5 Å². The van der Waals surface area contributed by atoms with E-state index in [-0.39, 0.29) is 12.5 Å². The molecule has 0 aromatic heterocycles. The van der Waals surface area contributed by atoms with Crippen molar-refractivity contribution in [2.75, 3.05) is 29.9 Å². The number of halogens is 1. The van der Waals surface area contributed by atoms with Crippen molar-refractivity contribution >= 4 is 28.9 Å². The number of nitrogens with one attached hydrogen (secondary N) is 2. The van der Waals surface area contributed by atoms with E-state index < -0.39 is 0 Å². The fourth-order valence-corrected chi connectivity index (χ4v) is 2.80. The molecule has 134 valence electrons. The molecule has 0 saturated carbocycles. The summed E-state index contributed by atoms with van der Waals surface area (Å²) in [5.41, 5.74) is 4.35. The van der Waals surface area contributed by atoms with E-state index in [2.05, 4.69) is 48.4 Å². The van der Waals surface area contributed by atoms with Crippen molar-refractivity contribution in [2.45, 2.75) is 27.3 Å². The average Bonchev–Trinajstić information content (AvgIpc) is 2.61. The SMILES string of the molecule is CCN(CC)c1ccc(NCC(=O)NCc2ccc(Cl)cc2)c(C)c1. The van der Waals surface area contributed by atoms with Gasteiger partial charge in [0.15, 0.2) is 0 Å². The summed E-state index contributed by atoms with van der Waals surface area (Å²) in [6.45, 7) is 9.06. The van der Waals surface area contributed by atoms with Crippen LogP contribution in [0.15, 0.2) is 42.5 Å². The lowest BCUT2D eigenvalue weighted by Gasteiger charge is -2.22. The van der Waals surface area contributed by atoms with Gasteiger partial charge in [-0.1, -0.05) is 23.7 Å². The third kappa shape index (κ3) is 5.68. The molecule has 0 heterocycles. The smallest absolute Gasteiger partial charge is 0.239 e. The predicted octanol–water partition coefficient (Wildman–Crippen LogP) is 4.22. The number of amides is 1. The van der Waals surface area contributed by atoms with Crippen LogP contribution in [0.5, 0.6) is 0 Å². The minimum Gasteiger partial charge on any atom is -0.376 e. The summed E-state index contributed by atoms with van der Waals surface area (Å²) in [6.07, 6.45) is 0. The van der Waals surface area contributed by atoms with Crippen molar-refractivity contribution < 1.29 is 4.79 Å². The summed E-state index contributed by atoms with van der Waals surface area (Å²) in [5, 5.41) is 6.81. The van der Waals surface area contributed by atoms with E-state index in [1.54, 1.807) is 0 Å². The van der Waals surface area contributed by atoms with Gasteiger partial charge in [-0.2, -0.15) is 0 Å². The zero-order valence-electron chi connectivity index (χ0n) is 15.1. The summed E-state index contributed by atoms with van der Waals surface area (Å²) in [6, 6.07) is 13.7. The second-order valence-electron chi connectivity index (χ2n) is 5.93. The van der Waals surface area contributed by atoms with Crippen LogP contribution >= 0.6 is 11.6 Å². The standard InChI is InChI=1S/C20H26ClN3O/c1-4-24(5-2)18-10-11-19(15(3)12-18)22-14-20(25)23-13-16-6-8-17(21)9-7-16/h6-12,22H,4-5,13-14H2,1-3H3,(H,23,25). The molecular weight excluding hydrogens is 334 g/mol. The molecule has 1 amide bonds. The first-order valence-corrected chi connectivity index (χ1v) is 9.01. The Morgan fingerprint density at radius 2 is 1.76 bits per heavy atom. The van der Waals surface area contributed by atoms with Gasteiger partial charge in [0.25, 0.3) is 0 Å². The van der Waals surface area contributed by atoms with E-state index in [4.69, 9.17) is 11.6 Å². The predicted molar refractivity (Wildman–Crippen MR) is 107 cm³/mol. The lowest BCUT2D eigenvalue weighted by atomic mass is 10.1. The average molecular weight is 360 g/mol. The van der Waals surface area contributed by atoms with Crippen LogP contribution in [0.25, 0.3) is 0 Å². The number of hydrogen-bond donors (Lipinski definition) is 2. The summed E-state index contributed by atoms with van der Waals surface area (Å²) >= 11 is 5.86. The van der Waals surface area contributed by atoms with Gasteiger partial charge in [0.2, 0.25) is 5.91 Å². The molecule has 2 rings (SSSR count). The number of aryl methyl sites for hydroxylation is 1. The van der Waals surface area contributed by atoms with Gasteiger partial charge in [-0.15, -0.1) is 0 Å². The zero-order valence-corrected chi connectivity index (χ0v) is 15.9. The molecule has 2 aromatic rings. The van der Waals surface area contributed by atoms with Gasteiger partial charge in [-0.3, -0.25) is 4.79 Å². The highest BCUT2D eigenvalue weighted by Gasteiger charge is 2.06. The van der Waals surface area contributed by atoms with Crippen molar-refractivity contribution in [1.82, 2.24) is 5.32 Å². The van der Waals surface area contributed by atoms with Crippen LogP contribution in [0, 0.1) is 6.92 Å². The Morgan fingerprint density at radius 1 is 1.08 bits per heavy atom. The van der Waals surface area contributed by atoms with Crippen LogP contribution in [0.4, 0.5) is 11.4 Å². The van der Waals surface area contributed by atoms with E-state index in [1.165, 1.54) is 5.69 Å². The van der Waals surface area contributed by atoms with Crippen molar-refractivity contribution in [3.05, 3.63) is 58.6 Å². The monoisotopic (exact) mass is 359 g/mol. The number of benzene rings is 2. The second-order valence-corrected chi connectivity index (χ2v) is 6.36. The van der Waals surface area contributed by atoms with Crippen molar-refractivity contribution in [3.63, 3.8) is 0 Å². The van der Waals surface area contributed by atoms with E-state index in [9.17, 15) is 4.79 Å². The Bertz CT molecular complexity index is 697. The normalized spacial score (nSPS) is 10.4. The molecule has 2 N–H and O–H groups in total. The first kappa shape index (κ1) is 19.1. The Kier molecular flexibility index (Phi) is 7.14. The minimum absolute atomic E-state index is 0.0397. The number of rotatable bonds is 8. The van der Waals surface area contributed by atoms with Gasteiger partial charge in [-0.25, -0.2) is 0 Å². The summed E-state index contributed by atoms with van der Waals surface area (Å²) < 4.78 is 0. The molecular formula is C20H26ClN3O. The molecule has 0 atom stereocenters. The topological polar surface area (TPSA) is 44.4 Å². The van der Waals surface area contributed by atoms with Gasteiger partial charge in [0.1, 0.15) is 0 Å². The van der Waals surface area contributed by atoms with Gasteiger partial charge < -0.3 is 15.5 Å². The number of nitrogens with zero attached hydrogens (tertiary/aromatic N) is 1. The third-order valence-corrected chi connectivity index (χ3v) is 4.43. The Morgan fingerprint density at radius 3 is 2.36 bits per heavy atom. The van der Waals surface area contributed by atoms with Crippen LogP contribution in [-0.4, -0.2) is 25.5 Å². The summed E-state index contributed by atoms with van der Waals surface area (Å²) in [4.78, 5) is 14.3. The van der Waals surface area contributed by atoms with Crippen molar-refractivity contribution in [2.24, 2.45) is 0 Å². The van der Waals surface area contributed by atoms with Gasteiger partial charge in [-0.05, 0) is 62.2 Å². The molecule has 2 aromatic carbocycles. The molecule has 0 fully saturated rings. The van der Waals surface area contributed by atoms with E-state index in [0.29, 0.717) is 11.6 Å². The van der Waals surface area contributed by atoms with Crippen molar-refractivity contribution in [1.29, 1.82) is 0 Å². The molecule has 0 aliphatic heterocycles. The fraction of sp³-hybridized carbons (Fsp3) is 0.350. The van der Waals surface area contributed by atoms with E-state index >= 15 is 0 Å². The molecule has 0 spiro atoms. The first-order valence-electron chi connectivity index (χ1n) is 8.64. The van der Waals surface area contributed by atoms with E-state index in [0.717, 1.165) is 29.9 Å². The Balaban J connectivity index is 1.85. The Labute approximate surface area is 155 Å². The van der Waals surface area contributed by atoms with Crippen LogP contribution in [0.3, 0.4) is 0 Å². The van der Waals surface area contributed by atoms with Crippen LogP contribution in [0.1, 0.15) is 25.0 Å². The molecule has 0 bridgehead atoms. The van der Waals surface area contributed by atoms with Gasteiger partial charge >= 0.3 is 0 Å². The maximum Gasteiger partial charge on any atom is 0.239 e. The first-order chi connectivity index (χ1) is 12.0. The molecule has 0 aliphatic carbocycles. The molecule has 25 heavy (non-hydrogen) atoms. The zero-order chi connectivity index (χ0) is 18.2. The van der Waals surface area contributed by atoms with Crippen molar-refractivity contribution in [3.8, 4) is 0 Å². The van der Waals surface area contributed by atoms with E-state index in [1.807, 2.05) is 30.3 Å². The molecule has 0 saturated heterocycles. The molecule has 4 nitrogen and oxygen atoms in total. The largest absolute Gasteiger partial charge is 0.376 e. The lowest BCUT2D eigenvalue weighted by Crippen LogP contribution is -2.29. The number of carbonyl (C=O) groups is 1. The number of hydrogen-bond acceptors (Lipinski definition) is 3. The van der Waals surface area contributed by atoms with Gasteiger partial charge in [0, 0.05) is 36.0 Å². The fourth-order valence-electron chi connectivity index (χ4n) is 2.67.